The Kier molecular flexibility index (Phi) is 7.78. The molecule has 0 aromatic heterocycles. The smallest absolute Gasteiger partial charge is 0.193 e. The van der Waals surface area contributed by atoms with Crippen molar-refractivity contribution in [3.8, 4) is 0 Å². The molecule has 1 fully saturated rings. The van der Waals surface area contributed by atoms with E-state index in [4.69, 9.17) is 9.73 Å². The molecule has 4 nitrogen and oxygen atoms in total. The first-order valence-corrected chi connectivity index (χ1v) is 9.04. The van der Waals surface area contributed by atoms with Crippen LogP contribution in [0.4, 0.5) is 0 Å². The molecule has 0 spiro atoms. The van der Waals surface area contributed by atoms with Gasteiger partial charge in [0.15, 0.2) is 5.96 Å². The third-order valence-electron chi connectivity index (χ3n) is 4.40. The molecule has 0 radical (unpaired) electrons. The molecular formula is C18H33N3O. The van der Waals surface area contributed by atoms with Gasteiger partial charge in [0.05, 0.1) is 6.61 Å². The predicted octanol–water partition coefficient (Wildman–Crippen LogP) is 3.20. The molecule has 1 saturated carbocycles. The number of likely N-dealkylation sites (N-methyl/N-ethyl adjacent to an activating group) is 1. The summed E-state index contributed by atoms with van der Waals surface area (Å²) in [6.07, 6.45) is 11.5. The van der Waals surface area contributed by atoms with Gasteiger partial charge in [-0.1, -0.05) is 11.6 Å². The summed E-state index contributed by atoms with van der Waals surface area (Å²) >= 11 is 0. The number of aliphatic imine (C=N–C) groups is 1. The van der Waals surface area contributed by atoms with Crippen molar-refractivity contribution < 1.29 is 4.74 Å². The normalized spacial score (nSPS) is 19.0. The van der Waals surface area contributed by atoms with Crippen molar-refractivity contribution in [2.24, 2.45) is 10.9 Å². The van der Waals surface area contributed by atoms with Crippen molar-refractivity contribution in [1.29, 1.82) is 0 Å². The number of guanidine groups is 1. The molecule has 0 aromatic carbocycles. The molecule has 1 N–H and O–H groups in total. The number of ether oxygens (including phenoxy) is 1. The highest BCUT2D eigenvalue weighted by atomic mass is 16.5. The van der Waals surface area contributed by atoms with Gasteiger partial charge in [0, 0.05) is 33.3 Å². The highest BCUT2D eigenvalue weighted by Crippen LogP contribution is 2.28. The molecule has 4 heteroatoms. The third kappa shape index (κ3) is 6.82. The van der Waals surface area contributed by atoms with E-state index in [1.165, 1.54) is 38.5 Å². The van der Waals surface area contributed by atoms with Gasteiger partial charge in [-0.2, -0.15) is 0 Å². The van der Waals surface area contributed by atoms with E-state index < -0.39 is 0 Å². The lowest BCUT2D eigenvalue weighted by Crippen LogP contribution is -2.40. The van der Waals surface area contributed by atoms with Gasteiger partial charge in [-0.25, -0.2) is 0 Å². The molecule has 0 bridgehead atoms. The standard InChI is InChI=1S/C18H33N3O/c1-3-19-18(20-12-11-16-7-5-4-6-8-16)21(2)13-14-22-15-17-9-10-17/h7,17H,3-6,8-15H2,1-2H3,(H,19,20). The van der Waals surface area contributed by atoms with E-state index >= 15 is 0 Å². The Morgan fingerprint density at radius 3 is 2.95 bits per heavy atom. The van der Waals surface area contributed by atoms with Crippen LogP contribution in [0.25, 0.3) is 0 Å². The molecule has 0 atom stereocenters. The highest BCUT2D eigenvalue weighted by molar-refractivity contribution is 5.79. The number of allylic oxidation sites excluding steroid dienone is 1. The lowest BCUT2D eigenvalue weighted by Gasteiger charge is -2.22. The fourth-order valence-corrected chi connectivity index (χ4v) is 2.75. The minimum atomic E-state index is 0.794. The molecule has 2 aliphatic carbocycles. The molecule has 0 aliphatic heterocycles. The Hall–Kier alpha value is -1.03. The largest absolute Gasteiger partial charge is 0.379 e. The molecule has 126 valence electrons. The van der Waals surface area contributed by atoms with Crippen LogP contribution in [0.3, 0.4) is 0 Å². The van der Waals surface area contributed by atoms with Crippen molar-refractivity contribution in [2.75, 3.05) is 39.9 Å². The predicted molar refractivity (Wildman–Crippen MR) is 93.3 cm³/mol. The minimum Gasteiger partial charge on any atom is -0.379 e. The van der Waals surface area contributed by atoms with E-state index in [0.717, 1.165) is 51.1 Å². The van der Waals surface area contributed by atoms with Crippen molar-refractivity contribution in [3.63, 3.8) is 0 Å². The molecule has 0 aromatic rings. The summed E-state index contributed by atoms with van der Waals surface area (Å²) in [5.41, 5.74) is 1.60. The van der Waals surface area contributed by atoms with Crippen molar-refractivity contribution >= 4 is 5.96 Å². The Bertz CT molecular complexity index is 375. The maximum atomic E-state index is 5.72. The van der Waals surface area contributed by atoms with Crippen LogP contribution in [-0.4, -0.2) is 50.8 Å². The van der Waals surface area contributed by atoms with Crippen LogP contribution in [0.1, 0.15) is 51.9 Å². The van der Waals surface area contributed by atoms with E-state index in [1.807, 2.05) is 0 Å². The number of hydrogen-bond acceptors (Lipinski definition) is 2. The molecule has 0 amide bonds. The first-order valence-electron chi connectivity index (χ1n) is 9.04. The Labute approximate surface area is 136 Å². The van der Waals surface area contributed by atoms with Gasteiger partial charge in [0.2, 0.25) is 0 Å². The van der Waals surface area contributed by atoms with Gasteiger partial charge in [-0.3, -0.25) is 4.99 Å². The number of nitrogens with zero attached hydrogens (tertiary/aromatic N) is 2. The van der Waals surface area contributed by atoms with Gasteiger partial charge in [-0.15, -0.1) is 0 Å². The average Bonchev–Trinajstić information content (AvgIpc) is 3.36. The van der Waals surface area contributed by atoms with Crippen LogP contribution in [0.5, 0.6) is 0 Å². The SMILES string of the molecule is CCNC(=NCCC1=CCCCC1)N(C)CCOCC1CC1. The lowest BCUT2D eigenvalue weighted by molar-refractivity contribution is 0.115. The summed E-state index contributed by atoms with van der Waals surface area (Å²) in [4.78, 5) is 6.95. The first-order chi connectivity index (χ1) is 10.8. The summed E-state index contributed by atoms with van der Waals surface area (Å²) in [5, 5.41) is 3.38. The molecule has 2 aliphatic rings. The zero-order valence-corrected chi connectivity index (χ0v) is 14.4. The second-order valence-corrected chi connectivity index (χ2v) is 6.53. The summed E-state index contributed by atoms with van der Waals surface area (Å²) in [5.74, 6) is 1.85. The summed E-state index contributed by atoms with van der Waals surface area (Å²) in [6.45, 7) is 6.56. The van der Waals surface area contributed by atoms with Gasteiger partial charge in [0.25, 0.3) is 0 Å². The van der Waals surface area contributed by atoms with Crippen molar-refractivity contribution in [1.82, 2.24) is 10.2 Å². The van der Waals surface area contributed by atoms with Crippen LogP contribution in [0.2, 0.25) is 0 Å². The second-order valence-electron chi connectivity index (χ2n) is 6.53. The van der Waals surface area contributed by atoms with Crippen LogP contribution < -0.4 is 5.32 Å². The first kappa shape index (κ1) is 17.3. The number of rotatable bonds is 9. The number of hydrogen-bond donors (Lipinski definition) is 1. The zero-order chi connectivity index (χ0) is 15.6. The maximum Gasteiger partial charge on any atom is 0.193 e. The van der Waals surface area contributed by atoms with E-state index in [1.54, 1.807) is 5.57 Å². The maximum absolute atomic E-state index is 5.72. The van der Waals surface area contributed by atoms with E-state index in [2.05, 4.69) is 30.3 Å². The van der Waals surface area contributed by atoms with Gasteiger partial charge < -0.3 is 15.0 Å². The second kappa shape index (κ2) is 9.88. The van der Waals surface area contributed by atoms with Crippen LogP contribution in [0.15, 0.2) is 16.6 Å². The fraction of sp³-hybridized carbons (Fsp3) is 0.833. The Morgan fingerprint density at radius 1 is 1.41 bits per heavy atom. The van der Waals surface area contributed by atoms with Gasteiger partial charge in [-0.05, 0) is 57.8 Å². The van der Waals surface area contributed by atoms with E-state index in [9.17, 15) is 0 Å². The summed E-state index contributed by atoms with van der Waals surface area (Å²) in [7, 11) is 2.10. The van der Waals surface area contributed by atoms with E-state index in [0.29, 0.717) is 0 Å². The van der Waals surface area contributed by atoms with Crippen LogP contribution >= 0.6 is 0 Å². The minimum absolute atomic E-state index is 0.794. The zero-order valence-electron chi connectivity index (χ0n) is 14.4. The lowest BCUT2D eigenvalue weighted by atomic mass is 9.97. The van der Waals surface area contributed by atoms with Crippen LogP contribution in [0, 0.1) is 5.92 Å². The summed E-state index contributed by atoms with van der Waals surface area (Å²) < 4.78 is 5.72. The molecule has 0 unspecified atom stereocenters. The van der Waals surface area contributed by atoms with Crippen molar-refractivity contribution in [3.05, 3.63) is 11.6 Å². The molecule has 0 heterocycles. The van der Waals surface area contributed by atoms with E-state index in [-0.39, 0.29) is 0 Å². The molecule has 2 rings (SSSR count). The van der Waals surface area contributed by atoms with Crippen LogP contribution in [-0.2, 0) is 4.74 Å². The van der Waals surface area contributed by atoms with Crippen molar-refractivity contribution in [2.45, 2.75) is 51.9 Å². The quantitative estimate of drug-likeness (QED) is 0.308. The Balaban J connectivity index is 1.68. The monoisotopic (exact) mass is 307 g/mol. The van der Waals surface area contributed by atoms with Gasteiger partial charge >= 0.3 is 0 Å². The topological polar surface area (TPSA) is 36.9 Å². The average molecular weight is 307 g/mol. The fourth-order valence-electron chi connectivity index (χ4n) is 2.75. The third-order valence-corrected chi connectivity index (χ3v) is 4.40. The Morgan fingerprint density at radius 2 is 2.27 bits per heavy atom. The molecule has 0 saturated heterocycles. The molecular weight excluding hydrogens is 274 g/mol. The summed E-state index contributed by atoms with van der Waals surface area (Å²) in [6, 6.07) is 0. The van der Waals surface area contributed by atoms with Gasteiger partial charge in [0.1, 0.15) is 0 Å². The highest BCUT2D eigenvalue weighted by Gasteiger charge is 2.21. The number of nitrogens with one attached hydrogen (secondary N) is 1. The molecule has 22 heavy (non-hydrogen) atoms.